The Labute approximate surface area is 201 Å². The average molecular weight is 479 g/mol. The summed E-state index contributed by atoms with van der Waals surface area (Å²) in [6, 6.07) is 14.3. The van der Waals surface area contributed by atoms with Gasteiger partial charge in [-0.1, -0.05) is 16.8 Å². The first kappa shape index (κ1) is 23.2. The number of carbonyl (C=O) groups is 2. The van der Waals surface area contributed by atoms with Crippen molar-refractivity contribution >= 4 is 40.4 Å². The van der Waals surface area contributed by atoms with Crippen molar-refractivity contribution in [1.82, 2.24) is 25.3 Å². The van der Waals surface area contributed by atoms with E-state index < -0.39 is 0 Å². The summed E-state index contributed by atoms with van der Waals surface area (Å²) in [6.45, 7) is 1.51. The minimum absolute atomic E-state index is 0.0736. The summed E-state index contributed by atoms with van der Waals surface area (Å²) in [5.41, 5.74) is 2.99. The Morgan fingerprint density at radius 1 is 1.12 bits per heavy atom. The van der Waals surface area contributed by atoms with Gasteiger partial charge in [0.2, 0.25) is 5.91 Å². The van der Waals surface area contributed by atoms with Gasteiger partial charge in [0.15, 0.2) is 0 Å². The summed E-state index contributed by atoms with van der Waals surface area (Å²) in [6.07, 6.45) is 4.93. The third-order valence-electron chi connectivity index (χ3n) is 4.99. The quantitative estimate of drug-likeness (QED) is 0.251. The molecule has 9 nitrogen and oxygen atoms in total. The van der Waals surface area contributed by atoms with Crippen molar-refractivity contribution in [3.05, 3.63) is 77.2 Å². The summed E-state index contributed by atoms with van der Waals surface area (Å²) >= 11 is 6.03. The summed E-state index contributed by atoms with van der Waals surface area (Å²) in [4.78, 5) is 27.2. The van der Waals surface area contributed by atoms with Gasteiger partial charge in [0, 0.05) is 40.9 Å². The minimum Gasteiger partial charge on any atom is -0.487 e. The molecule has 2 aromatic carbocycles. The fraction of sp³-hybridized carbons (Fsp3) is 0.208. The Bertz CT molecular complexity index is 1280. The second-order valence-electron chi connectivity index (χ2n) is 7.53. The van der Waals surface area contributed by atoms with E-state index in [9.17, 15) is 9.59 Å². The second kappa shape index (κ2) is 11.2. The minimum atomic E-state index is -0.147. The Kier molecular flexibility index (Phi) is 7.67. The van der Waals surface area contributed by atoms with Crippen LogP contribution in [0.15, 0.2) is 60.9 Å². The third-order valence-corrected chi connectivity index (χ3v) is 5.23. The van der Waals surface area contributed by atoms with E-state index in [0.29, 0.717) is 35.1 Å². The highest BCUT2D eigenvalue weighted by molar-refractivity contribution is 6.31. The van der Waals surface area contributed by atoms with E-state index in [-0.39, 0.29) is 19.1 Å². The highest BCUT2D eigenvalue weighted by atomic mass is 35.5. The molecule has 0 fully saturated rings. The summed E-state index contributed by atoms with van der Waals surface area (Å²) < 4.78 is 7.09. The SMILES string of the molecule is O=Cc1ccc(OCc2cn(CC(=O)NCCCNc3ccnc4cc(Cl)ccc34)nn2)cc1. The summed E-state index contributed by atoms with van der Waals surface area (Å²) in [5, 5.41) is 15.9. The molecule has 4 rings (SSSR count). The lowest BCUT2D eigenvalue weighted by molar-refractivity contribution is -0.121. The number of hydrogen-bond acceptors (Lipinski definition) is 7. The first-order valence-electron chi connectivity index (χ1n) is 10.7. The van der Waals surface area contributed by atoms with Crippen molar-refractivity contribution in [2.45, 2.75) is 19.6 Å². The van der Waals surface area contributed by atoms with Crippen LogP contribution in [0.2, 0.25) is 5.02 Å². The average Bonchev–Trinajstić information content (AvgIpc) is 3.29. The monoisotopic (exact) mass is 478 g/mol. The van der Waals surface area contributed by atoms with Crippen LogP contribution in [-0.2, 0) is 17.9 Å². The van der Waals surface area contributed by atoms with E-state index in [1.807, 2.05) is 24.3 Å². The van der Waals surface area contributed by atoms with Gasteiger partial charge in [-0.25, -0.2) is 4.68 Å². The molecule has 0 saturated heterocycles. The molecular formula is C24H23ClN6O3. The fourth-order valence-corrected chi connectivity index (χ4v) is 3.47. The van der Waals surface area contributed by atoms with Crippen LogP contribution in [-0.4, -0.2) is 45.3 Å². The number of rotatable bonds is 11. The number of benzene rings is 2. The standard InChI is InChI=1S/C24H23ClN6O3/c25-18-4-7-21-22(8-11-27-23(21)12-18)26-9-1-10-28-24(33)14-31-13-19(29-30-31)16-34-20-5-2-17(15-32)3-6-20/h2-8,11-13,15H,1,9-10,14,16H2,(H,26,27)(H,28,33). The van der Waals surface area contributed by atoms with Gasteiger partial charge in [-0.3, -0.25) is 14.6 Å². The largest absolute Gasteiger partial charge is 0.487 e. The lowest BCUT2D eigenvalue weighted by atomic mass is 10.2. The Balaban J connectivity index is 1.16. The van der Waals surface area contributed by atoms with Gasteiger partial charge in [0.05, 0.1) is 11.7 Å². The maximum absolute atomic E-state index is 12.2. The van der Waals surface area contributed by atoms with Crippen molar-refractivity contribution in [2.24, 2.45) is 0 Å². The summed E-state index contributed by atoms with van der Waals surface area (Å²) in [7, 11) is 0. The zero-order valence-corrected chi connectivity index (χ0v) is 19.0. The number of carbonyl (C=O) groups excluding carboxylic acids is 2. The number of aromatic nitrogens is 4. The highest BCUT2D eigenvalue weighted by Gasteiger charge is 2.07. The number of nitrogens with one attached hydrogen (secondary N) is 2. The Morgan fingerprint density at radius 3 is 2.79 bits per heavy atom. The predicted molar refractivity (Wildman–Crippen MR) is 129 cm³/mol. The molecule has 0 spiro atoms. The molecule has 0 radical (unpaired) electrons. The van der Waals surface area contributed by atoms with Crippen LogP contribution in [0.4, 0.5) is 5.69 Å². The lowest BCUT2D eigenvalue weighted by Gasteiger charge is -2.10. The van der Waals surface area contributed by atoms with Crippen LogP contribution in [0.5, 0.6) is 5.75 Å². The first-order chi connectivity index (χ1) is 16.6. The summed E-state index contributed by atoms with van der Waals surface area (Å²) in [5.74, 6) is 0.473. The zero-order chi connectivity index (χ0) is 23.8. The van der Waals surface area contributed by atoms with Gasteiger partial charge in [-0.2, -0.15) is 0 Å². The molecule has 0 saturated carbocycles. The van der Waals surface area contributed by atoms with Crippen LogP contribution >= 0.6 is 11.6 Å². The normalized spacial score (nSPS) is 10.7. The van der Waals surface area contributed by atoms with Crippen LogP contribution < -0.4 is 15.4 Å². The molecule has 0 unspecified atom stereocenters. The van der Waals surface area contributed by atoms with Crippen molar-refractivity contribution in [3.63, 3.8) is 0 Å². The molecule has 0 atom stereocenters. The number of pyridine rings is 1. The Morgan fingerprint density at radius 2 is 1.97 bits per heavy atom. The van der Waals surface area contributed by atoms with Gasteiger partial charge in [0.1, 0.15) is 30.9 Å². The molecule has 4 aromatic rings. The molecular weight excluding hydrogens is 456 g/mol. The first-order valence-corrected chi connectivity index (χ1v) is 11.1. The lowest BCUT2D eigenvalue weighted by Crippen LogP contribution is -2.29. The second-order valence-corrected chi connectivity index (χ2v) is 7.97. The van der Waals surface area contributed by atoms with Gasteiger partial charge < -0.3 is 15.4 Å². The number of hydrogen-bond donors (Lipinski definition) is 2. The van der Waals surface area contributed by atoms with Crippen molar-refractivity contribution < 1.29 is 14.3 Å². The number of ether oxygens (including phenoxy) is 1. The molecule has 0 aliphatic rings. The number of aldehydes is 1. The predicted octanol–water partition coefficient (Wildman–Crippen LogP) is 3.49. The van der Waals surface area contributed by atoms with Crippen LogP contribution in [0.3, 0.4) is 0 Å². The maximum atomic E-state index is 12.2. The molecule has 2 aromatic heterocycles. The maximum Gasteiger partial charge on any atom is 0.241 e. The number of nitrogens with zero attached hydrogens (tertiary/aromatic N) is 4. The molecule has 2 N–H and O–H groups in total. The number of halogens is 1. The zero-order valence-electron chi connectivity index (χ0n) is 18.3. The number of amides is 1. The molecule has 10 heteroatoms. The van der Waals surface area contributed by atoms with Gasteiger partial charge >= 0.3 is 0 Å². The molecule has 1 amide bonds. The van der Waals surface area contributed by atoms with Crippen LogP contribution in [0.25, 0.3) is 10.9 Å². The van der Waals surface area contributed by atoms with Gasteiger partial charge in [-0.15, -0.1) is 5.10 Å². The van der Waals surface area contributed by atoms with Crippen LogP contribution in [0.1, 0.15) is 22.5 Å². The smallest absolute Gasteiger partial charge is 0.241 e. The van der Waals surface area contributed by atoms with E-state index in [1.165, 1.54) is 4.68 Å². The van der Waals surface area contributed by atoms with E-state index in [1.54, 1.807) is 36.7 Å². The van der Waals surface area contributed by atoms with E-state index in [4.69, 9.17) is 16.3 Å². The molecule has 0 aliphatic carbocycles. The number of anilines is 1. The van der Waals surface area contributed by atoms with Crippen molar-refractivity contribution in [3.8, 4) is 5.75 Å². The van der Waals surface area contributed by atoms with E-state index >= 15 is 0 Å². The van der Waals surface area contributed by atoms with Crippen LogP contribution in [0, 0.1) is 0 Å². The van der Waals surface area contributed by atoms with E-state index in [0.717, 1.165) is 29.3 Å². The molecule has 174 valence electrons. The van der Waals surface area contributed by atoms with E-state index in [2.05, 4.69) is 25.9 Å². The van der Waals surface area contributed by atoms with Gasteiger partial charge in [0.25, 0.3) is 0 Å². The van der Waals surface area contributed by atoms with Gasteiger partial charge in [-0.05, 0) is 55.0 Å². The molecule has 2 heterocycles. The Hall–Kier alpha value is -3.98. The number of fused-ring (bicyclic) bond motifs is 1. The third kappa shape index (κ3) is 6.29. The van der Waals surface area contributed by atoms with Crippen molar-refractivity contribution in [1.29, 1.82) is 0 Å². The highest BCUT2D eigenvalue weighted by Crippen LogP contribution is 2.24. The fourth-order valence-electron chi connectivity index (χ4n) is 3.30. The molecule has 0 bridgehead atoms. The molecule has 0 aliphatic heterocycles. The topological polar surface area (TPSA) is 111 Å². The molecule has 34 heavy (non-hydrogen) atoms. The van der Waals surface area contributed by atoms with Crippen molar-refractivity contribution in [2.75, 3.05) is 18.4 Å².